The average Bonchev–Trinajstić information content (AvgIpc) is 3.17. The van der Waals surface area contributed by atoms with Crippen LogP contribution in [0.4, 0.5) is 0 Å². The Labute approximate surface area is 199 Å². The van der Waals surface area contributed by atoms with Gasteiger partial charge in [0.2, 0.25) is 5.91 Å². The van der Waals surface area contributed by atoms with E-state index in [1.807, 2.05) is 41.9 Å². The lowest BCUT2D eigenvalue weighted by atomic mass is 9.92. The molecule has 33 heavy (non-hydrogen) atoms. The number of hydrogen-bond acceptors (Lipinski definition) is 5. The van der Waals surface area contributed by atoms with Gasteiger partial charge in [0.1, 0.15) is 0 Å². The predicted octanol–water partition coefficient (Wildman–Crippen LogP) is 2.97. The maximum atomic E-state index is 12.0. The second-order valence-electron chi connectivity index (χ2n) is 8.18. The first-order valence-electron chi connectivity index (χ1n) is 11.1. The SMILES string of the molecule is C1CNCCN1.CC(=O)NC(C1=Cc2cccnc2Cc2ccc(Cl)cc21)c1cncn1C. The highest BCUT2D eigenvalue weighted by Gasteiger charge is 2.26. The van der Waals surface area contributed by atoms with Crippen LogP contribution in [0.1, 0.15) is 41.0 Å². The lowest BCUT2D eigenvalue weighted by Crippen LogP contribution is -2.39. The average molecular weight is 465 g/mol. The van der Waals surface area contributed by atoms with Gasteiger partial charge >= 0.3 is 0 Å². The van der Waals surface area contributed by atoms with Crippen LogP contribution in [-0.4, -0.2) is 46.6 Å². The van der Waals surface area contributed by atoms with Crippen LogP contribution < -0.4 is 16.0 Å². The molecule has 0 bridgehead atoms. The number of piperazine rings is 1. The van der Waals surface area contributed by atoms with Crippen molar-refractivity contribution in [1.29, 1.82) is 0 Å². The van der Waals surface area contributed by atoms with E-state index in [1.54, 1.807) is 18.7 Å². The van der Waals surface area contributed by atoms with Crippen molar-refractivity contribution in [3.05, 3.63) is 82.2 Å². The number of aryl methyl sites for hydroxylation is 1. The zero-order chi connectivity index (χ0) is 23.2. The molecule has 0 saturated carbocycles. The van der Waals surface area contributed by atoms with Crippen LogP contribution in [-0.2, 0) is 18.3 Å². The molecular weight excluding hydrogens is 436 g/mol. The Bertz CT molecular complexity index is 1140. The molecule has 1 aromatic carbocycles. The van der Waals surface area contributed by atoms with E-state index < -0.39 is 0 Å². The van der Waals surface area contributed by atoms with Gasteiger partial charge in [-0.25, -0.2) is 4.98 Å². The van der Waals surface area contributed by atoms with E-state index >= 15 is 0 Å². The van der Waals surface area contributed by atoms with E-state index in [1.165, 1.54) is 6.92 Å². The number of carbonyl (C=O) groups is 1. The summed E-state index contributed by atoms with van der Waals surface area (Å²) in [7, 11) is 1.92. The predicted molar refractivity (Wildman–Crippen MR) is 132 cm³/mol. The number of hydrogen-bond donors (Lipinski definition) is 3. The monoisotopic (exact) mass is 464 g/mol. The third kappa shape index (κ3) is 5.68. The van der Waals surface area contributed by atoms with E-state index in [2.05, 4.69) is 32.0 Å². The second-order valence-corrected chi connectivity index (χ2v) is 8.62. The van der Waals surface area contributed by atoms with Gasteiger partial charge < -0.3 is 20.5 Å². The van der Waals surface area contributed by atoms with Crippen LogP contribution in [0, 0.1) is 0 Å². The third-order valence-electron chi connectivity index (χ3n) is 5.74. The van der Waals surface area contributed by atoms with E-state index in [0.717, 1.165) is 59.8 Å². The topological polar surface area (TPSA) is 83.9 Å². The molecule has 172 valence electrons. The smallest absolute Gasteiger partial charge is 0.217 e. The lowest BCUT2D eigenvalue weighted by molar-refractivity contribution is -0.119. The van der Waals surface area contributed by atoms with Crippen molar-refractivity contribution in [1.82, 2.24) is 30.5 Å². The zero-order valence-electron chi connectivity index (χ0n) is 18.9. The van der Waals surface area contributed by atoms with Gasteiger partial charge in [-0.15, -0.1) is 0 Å². The Hall–Kier alpha value is -3.00. The van der Waals surface area contributed by atoms with E-state index in [0.29, 0.717) is 11.4 Å². The number of pyridine rings is 1. The minimum Gasteiger partial charge on any atom is -0.344 e. The normalized spacial score (nSPS) is 15.7. The molecule has 1 aliphatic heterocycles. The molecule has 3 heterocycles. The molecule has 1 unspecified atom stereocenters. The summed E-state index contributed by atoms with van der Waals surface area (Å²) in [5.74, 6) is -0.110. The lowest BCUT2D eigenvalue weighted by Gasteiger charge is -2.23. The van der Waals surface area contributed by atoms with Gasteiger partial charge in [0.25, 0.3) is 0 Å². The van der Waals surface area contributed by atoms with Crippen molar-refractivity contribution < 1.29 is 4.79 Å². The largest absolute Gasteiger partial charge is 0.344 e. The Morgan fingerprint density at radius 2 is 1.94 bits per heavy atom. The minimum atomic E-state index is -0.349. The molecule has 8 heteroatoms. The second kappa shape index (κ2) is 10.7. The number of amides is 1. The number of aromatic nitrogens is 3. The van der Waals surface area contributed by atoms with Crippen LogP contribution >= 0.6 is 11.6 Å². The Morgan fingerprint density at radius 3 is 2.58 bits per heavy atom. The highest BCUT2D eigenvalue weighted by molar-refractivity contribution is 6.30. The fourth-order valence-electron chi connectivity index (χ4n) is 4.13. The highest BCUT2D eigenvalue weighted by atomic mass is 35.5. The van der Waals surface area contributed by atoms with Crippen LogP contribution in [0.5, 0.6) is 0 Å². The molecule has 3 aromatic rings. The number of rotatable bonds is 3. The van der Waals surface area contributed by atoms with Crippen molar-refractivity contribution in [3.63, 3.8) is 0 Å². The maximum Gasteiger partial charge on any atom is 0.217 e. The molecule has 0 spiro atoms. The fraction of sp³-hybridized carbons (Fsp3) is 0.320. The van der Waals surface area contributed by atoms with Gasteiger partial charge in [-0.05, 0) is 46.5 Å². The molecule has 1 aliphatic carbocycles. The van der Waals surface area contributed by atoms with Crippen molar-refractivity contribution in [2.45, 2.75) is 19.4 Å². The molecule has 2 aliphatic rings. The van der Waals surface area contributed by atoms with Crippen LogP contribution in [0.25, 0.3) is 11.6 Å². The summed E-state index contributed by atoms with van der Waals surface area (Å²) in [6.45, 7) is 6.08. The summed E-state index contributed by atoms with van der Waals surface area (Å²) in [6.07, 6.45) is 8.12. The number of benzene rings is 1. The van der Waals surface area contributed by atoms with Crippen molar-refractivity contribution >= 4 is 29.2 Å². The molecule has 0 radical (unpaired) electrons. The van der Waals surface area contributed by atoms with E-state index in [4.69, 9.17) is 11.6 Å². The van der Waals surface area contributed by atoms with Gasteiger partial charge in [0.15, 0.2) is 0 Å². The molecule has 1 amide bonds. The Balaban J connectivity index is 0.000000376. The molecule has 7 nitrogen and oxygen atoms in total. The van der Waals surface area contributed by atoms with Crippen LogP contribution in [0.15, 0.2) is 49.1 Å². The first-order chi connectivity index (χ1) is 16.0. The van der Waals surface area contributed by atoms with Gasteiger partial charge in [0, 0.05) is 57.8 Å². The van der Waals surface area contributed by atoms with Crippen LogP contribution in [0.3, 0.4) is 0 Å². The molecule has 2 aromatic heterocycles. The fourth-order valence-corrected chi connectivity index (χ4v) is 4.30. The Kier molecular flexibility index (Phi) is 7.54. The summed E-state index contributed by atoms with van der Waals surface area (Å²) in [5, 5.41) is 10.2. The first kappa shape index (κ1) is 23.2. The number of nitrogens with zero attached hydrogens (tertiary/aromatic N) is 3. The van der Waals surface area contributed by atoms with Crippen LogP contribution in [0.2, 0.25) is 5.02 Å². The van der Waals surface area contributed by atoms with Gasteiger partial charge in [-0.2, -0.15) is 0 Å². The number of nitrogens with one attached hydrogen (secondary N) is 3. The van der Waals surface area contributed by atoms with E-state index in [-0.39, 0.29) is 11.9 Å². The number of imidazole rings is 1. The summed E-state index contributed by atoms with van der Waals surface area (Å²) in [6, 6.07) is 9.50. The first-order valence-corrected chi connectivity index (χ1v) is 11.5. The van der Waals surface area contributed by atoms with Gasteiger partial charge in [0.05, 0.1) is 30.0 Å². The molecule has 5 rings (SSSR count). The quantitative estimate of drug-likeness (QED) is 0.555. The third-order valence-corrected chi connectivity index (χ3v) is 5.98. The number of fused-ring (bicyclic) bond motifs is 2. The highest BCUT2D eigenvalue weighted by Crippen LogP contribution is 2.38. The minimum absolute atomic E-state index is 0.110. The summed E-state index contributed by atoms with van der Waals surface area (Å²) >= 11 is 6.33. The summed E-state index contributed by atoms with van der Waals surface area (Å²) in [5.41, 5.74) is 6.05. The zero-order valence-corrected chi connectivity index (χ0v) is 19.7. The molecular formula is C25H29ClN6O. The summed E-state index contributed by atoms with van der Waals surface area (Å²) < 4.78 is 1.92. The standard InChI is InChI=1S/C21H19ClN4O.C4H10N2/c1-13(27)25-21(20-11-23-12-26(20)2)18-8-15-4-3-7-24-19(15)9-14-5-6-16(22)10-17(14)18;1-2-6-4-3-5-1/h3-8,10-12,21H,9H2,1-2H3,(H,25,27);5-6H,1-4H2. The molecule has 1 fully saturated rings. The van der Waals surface area contributed by atoms with Crippen molar-refractivity contribution in [3.8, 4) is 0 Å². The molecule has 1 atom stereocenters. The van der Waals surface area contributed by atoms with Gasteiger partial charge in [-0.3, -0.25) is 9.78 Å². The van der Waals surface area contributed by atoms with Crippen molar-refractivity contribution in [2.24, 2.45) is 7.05 Å². The summed E-state index contributed by atoms with van der Waals surface area (Å²) in [4.78, 5) is 20.8. The van der Waals surface area contributed by atoms with Crippen molar-refractivity contribution in [2.75, 3.05) is 26.2 Å². The van der Waals surface area contributed by atoms with E-state index in [9.17, 15) is 4.79 Å². The molecule has 1 saturated heterocycles. The Morgan fingerprint density at radius 1 is 1.18 bits per heavy atom. The van der Waals surface area contributed by atoms with Gasteiger partial charge in [-0.1, -0.05) is 23.7 Å². The molecule has 3 N–H and O–H groups in total. The number of halogens is 1. The maximum absolute atomic E-state index is 12.0. The number of carbonyl (C=O) groups excluding carboxylic acids is 1.